The number of nitrogens with zero attached hydrogens (tertiary/aromatic N) is 2. The highest BCUT2D eigenvalue weighted by molar-refractivity contribution is 5.78. The summed E-state index contributed by atoms with van der Waals surface area (Å²) in [4.78, 5) is 11.3. The summed E-state index contributed by atoms with van der Waals surface area (Å²) in [6.07, 6.45) is 5.14. The molecule has 0 aromatic carbocycles. The van der Waals surface area contributed by atoms with Crippen LogP contribution in [-0.2, 0) is 0 Å². The van der Waals surface area contributed by atoms with Crippen LogP contribution in [-0.4, -0.2) is 15.0 Å². The molecule has 0 amide bonds. The molecule has 0 aliphatic heterocycles. The quantitative estimate of drug-likeness (QED) is 0.586. The van der Waals surface area contributed by atoms with Crippen molar-refractivity contribution in [3.8, 4) is 11.8 Å². The molecule has 0 unspecified atom stereocenters. The lowest BCUT2D eigenvalue weighted by molar-refractivity contribution is 1.26. The number of rotatable bonds is 0. The first kappa shape index (κ1) is 6.86. The van der Waals surface area contributed by atoms with Gasteiger partial charge in [-0.25, -0.2) is 9.97 Å². The molecule has 3 nitrogen and oxygen atoms in total. The number of aromatic amines is 1. The van der Waals surface area contributed by atoms with Gasteiger partial charge in [-0.15, -0.1) is 5.92 Å². The fourth-order valence-corrected chi connectivity index (χ4v) is 1.08. The smallest absolute Gasteiger partial charge is 0.157 e. The number of hydrogen-bond donors (Lipinski definition) is 1. The minimum atomic E-state index is 0.787. The Hall–Kier alpha value is -1.82. The molecular weight excluding hydrogens is 150 g/mol. The van der Waals surface area contributed by atoms with Crippen LogP contribution in [0.3, 0.4) is 0 Å². The Labute approximate surface area is 69.9 Å². The highest BCUT2D eigenvalue weighted by Crippen LogP contribution is 2.10. The second-order valence-electron chi connectivity index (χ2n) is 2.33. The van der Waals surface area contributed by atoms with Gasteiger partial charge in [-0.1, -0.05) is 5.92 Å². The third-order valence-corrected chi connectivity index (χ3v) is 1.57. The maximum absolute atomic E-state index is 4.16. The number of aromatic nitrogens is 3. The van der Waals surface area contributed by atoms with E-state index >= 15 is 0 Å². The molecule has 12 heavy (non-hydrogen) atoms. The van der Waals surface area contributed by atoms with Gasteiger partial charge in [0.1, 0.15) is 5.52 Å². The predicted octanol–water partition coefficient (Wildman–Crippen LogP) is 1.33. The average Bonchev–Trinajstić information content (AvgIpc) is 2.50. The van der Waals surface area contributed by atoms with E-state index in [1.165, 1.54) is 0 Å². The SMILES string of the molecule is CC#Cc1c[nH]c2nccnc12. The second kappa shape index (κ2) is 2.67. The molecule has 1 N–H and O–H groups in total. The van der Waals surface area contributed by atoms with E-state index in [0.29, 0.717) is 0 Å². The summed E-state index contributed by atoms with van der Waals surface area (Å²) < 4.78 is 0. The maximum Gasteiger partial charge on any atom is 0.157 e. The van der Waals surface area contributed by atoms with E-state index in [9.17, 15) is 0 Å². The lowest BCUT2D eigenvalue weighted by Crippen LogP contribution is -1.78. The molecular formula is C9H7N3. The van der Waals surface area contributed by atoms with E-state index in [1.807, 2.05) is 6.20 Å². The van der Waals surface area contributed by atoms with Gasteiger partial charge in [0.25, 0.3) is 0 Å². The lowest BCUT2D eigenvalue weighted by Gasteiger charge is -1.85. The van der Waals surface area contributed by atoms with Crippen LogP contribution >= 0.6 is 0 Å². The first-order chi connectivity index (χ1) is 5.92. The van der Waals surface area contributed by atoms with Crippen molar-refractivity contribution in [1.82, 2.24) is 15.0 Å². The van der Waals surface area contributed by atoms with Crippen molar-refractivity contribution in [3.63, 3.8) is 0 Å². The minimum Gasteiger partial charge on any atom is -0.344 e. The molecule has 0 radical (unpaired) electrons. The molecule has 2 aromatic heterocycles. The molecule has 0 bridgehead atoms. The summed E-state index contributed by atoms with van der Waals surface area (Å²) in [6.45, 7) is 1.80. The molecule has 0 aliphatic carbocycles. The molecule has 2 rings (SSSR count). The molecule has 0 aliphatic rings. The third-order valence-electron chi connectivity index (χ3n) is 1.57. The minimum absolute atomic E-state index is 0.787. The molecule has 0 atom stereocenters. The fourth-order valence-electron chi connectivity index (χ4n) is 1.08. The van der Waals surface area contributed by atoms with E-state index in [1.54, 1.807) is 19.3 Å². The molecule has 0 saturated heterocycles. The standard InChI is InChI=1S/C9H7N3/c1-2-3-7-6-12-9-8(7)10-4-5-11-9/h4-6H,1H3,(H,11,12). The number of H-pyrrole nitrogens is 1. The zero-order chi connectivity index (χ0) is 8.39. The predicted molar refractivity (Wildman–Crippen MR) is 46.4 cm³/mol. The van der Waals surface area contributed by atoms with Gasteiger partial charge in [0, 0.05) is 18.6 Å². The maximum atomic E-state index is 4.16. The topological polar surface area (TPSA) is 41.6 Å². The Bertz CT molecular complexity index is 459. The zero-order valence-electron chi connectivity index (χ0n) is 6.63. The molecule has 0 fully saturated rings. The summed E-state index contributed by atoms with van der Waals surface area (Å²) in [5.74, 6) is 5.77. The first-order valence-corrected chi connectivity index (χ1v) is 3.62. The van der Waals surface area contributed by atoms with Crippen LogP contribution in [0.15, 0.2) is 18.6 Å². The Morgan fingerprint density at radius 2 is 2.17 bits per heavy atom. The Balaban J connectivity index is 2.76. The van der Waals surface area contributed by atoms with Crippen molar-refractivity contribution < 1.29 is 0 Å². The summed E-state index contributed by atoms with van der Waals surface area (Å²) in [5.41, 5.74) is 2.53. The van der Waals surface area contributed by atoms with Crippen LogP contribution in [0, 0.1) is 11.8 Å². The largest absolute Gasteiger partial charge is 0.344 e. The van der Waals surface area contributed by atoms with Gasteiger partial charge in [-0.3, -0.25) is 0 Å². The monoisotopic (exact) mass is 157 g/mol. The van der Waals surface area contributed by atoms with E-state index in [-0.39, 0.29) is 0 Å². The van der Waals surface area contributed by atoms with Crippen LogP contribution in [0.4, 0.5) is 0 Å². The number of fused-ring (bicyclic) bond motifs is 1. The van der Waals surface area contributed by atoms with Crippen molar-refractivity contribution in [2.45, 2.75) is 6.92 Å². The summed E-state index contributed by atoms with van der Waals surface area (Å²) in [7, 11) is 0. The van der Waals surface area contributed by atoms with Gasteiger partial charge < -0.3 is 4.98 Å². The van der Waals surface area contributed by atoms with Gasteiger partial charge in [-0.05, 0) is 6.92 Å². The van der Waals surface area contributed by atoms with Crippen molar-refractivity contribution in [3.05, 3.63) is 24.2 Å². The van der Waals surface area contributed by atoms with Crippen LogP contribution in [0.2, 0.25) is 0 Å². The number of hydrogen-bond acceptors (Lipinski definition) is 2. The van der Waals surface area contributed by atoms with Gasteiger partial charge in [-0.2, -0.15) is 0 Å². The molecule has 0 saturated carbocycles. The van der Waals surface area contributed by atoms with Gasteiger partial charge in [0.2, 0.25) is 0 Å². The third kappa shape index (κ3) is 0.940. The van der Waals surface area contributed by atoms with Crippen molar-refractivity contribution in [1.29, 1.82) is 0 Å². The van der Waals surface area contributed by atoms with Crippen LogP contribution < -0.4 is 0 Å². The molecule has 3 heteroatoms. The summed E-state index contributed by atoms with van der Waals surface area (Å²) in [5, 5.41) is 0. The molecule has 58 valence electrons. The normalized spacial score (nSPS) is 9.42. The highest BCUT2D eigenvalue weighted by Gasteiger charge is 2.00. The van der Waals surface area contributed by atoms with E-state index < -0.39 is 0 Å². The zero-order valence-corrected chi connectivity index (χ0v) is 6.63. The van der Waals surface area contributed by atoms with Gasteiger partial charge in [0.15, 0.2) is 5.65 Å². The summed E-state index contributed by atoms with van der Waals surface area (Å²) >= 11 is 0. The second-order valence-corrected chi connectivity index (χ2v) is 2.33. The Kier molecular flexibility index (Phi) is 1.52. The van der Waals surface area contributed by atoms with Crippen molar-refractivity contribution in [2.24, 2.45) is 0 Å². The van der Waals surface area contributed by atoms with Gasteiger partial charge >= 0.3 is 0 Å². The Morgan fingerprint density at radius 1 is 1.33 bits per heavy atom. The van der Waals surface area contributed by atoms with Gasteiger partial charge in [0.05, 0.1) is 5.56 Å². The van der Waals surface area contributed by atoms with Crippen molar-refractivity contribution in [2.75, 3.05) is 0 Å². The van der Waals surface area contributed by atoms with Crippen LogP contribution in [0.1, 0.15) is 12.5 Å². The molecule has 0 spiro atoms. The molecule has 2 heterocycles. The summed E-state index contributed by atoms with van der Waals surface area (Å²) in [6, 6.07) is 0. The number of nitrogens with one attached hydrogen (secondary N) is 1. The van der Waals surface area contributed by atoms with E-state index in [0.717, 1.165) is 16.7 Å². The first-order valence-electron chi connectivity index (χ1n) is 3.62. The van der Waals surface area contributed by atoms with Crippen LogP contribution in [0.25, 0.3) is 11.2 Å². The van der Waals surface area contributed by atoms with Crippen LogP contribution in [0.5, 0.6) is 0 Å². The van der Waals surface area contributed by atoms with E-state index in [2.05, 4.69) is 26.8 Å². The fraction of sp³-hybridized carbons (Fsp3) is 0.111. The Morgan fingerprint density at radius 3 is 3.00 bits per heavy atom. The van der Waals surface area contributed by atoms with Crippen molar-refractivity contribution >= 4 is 11.2 Å². The average molecular weight is 157 g/mol. The highest BCUT2D eigenvalue weighted by atomic mass is 14.9. The lowest BCUT2D eigenvalue weighted by atomic mass is 10.3. The van der Waals surface area contributed by atoms with E-state index in [4.69, 9.17) is 0 Å². The molecule has 2 aromatic rings.